The quantitative estimate of drug-likeness (QED) is 0.749. The lowest BCUT2D eigenvalue weighted by atomic mass is 9.89. The predicted octanol–water partition coefficient (Wildman–Crippen LogP) is 3.42. The molecular weight excluding hydrogens is 363 g/mol. The second-order valence-electron chi connectivity index (χ2n) is 7.50. The molecule has 1 atom stereocenters. The number of likely N-dealkylation sites (tertiary alicyclic amines) is 1. The van der Waals surface area contributed by atoms with Crippen LogP contribution in [0, 0.1) is 5.92 Å². The fraction of sp³-hybridized carbons (Fsp3) is 0.579. The lowest BCUT2D eigenvalue weighted by Crippen LogP contribution is -2.47. The van der Waals surface area contributed by atoms with Crippen LogP contribution >= 0.6 is 0 Å². The minimum atomic E-state index is -4.37. The second kappa shape index (κ2) is 7.05. The fourth-order valence-corrected chi connectivity index (χ4v) is 3.53. The smallest absolute Gasteiger partial charge is 0.416 e. The van der Waals surface area contributed by atoms with E-state index in [9.17, 15) is 22.8 Å². The first-order valence-corrected chi connectivity index (χ1v) is 8.91. The van der Waals surface area contributed by atoms with Gasteiger partial charge in [-0.3, -0.25) is 9.59 Å². The van der Waals surface area contributed by atoms with Crippen molar-refractivity contribution >= 4 is 11.9 Å². The third-order valence-corrected chi connectivity index (χ3v) is 5.12. The molecule has 2 aliphatic rings. The third kappa shape index (κ3) is 4.36. The maximum Gasteiger partial charge on any atom is 0.416 e. The second-order valence-corrected chi connectivity index (χ2v) is 7.50. The first kappa shape index (κ1) is 19.5. The van der Waals surface area contributed by atoms with Gasteiger partial charge < -0.3 is 14.4 Å². The summed E-state index contributed by atoms with van der Waals surface area (Å²) in [5.74, 6) is -0.571. The van der Waals surface area contributed by atoms with Gasteiger partial charge >= 0.3 is 12.1 Å². The molecule has 3 rings (SSSR count). The number of piperidine rings is 1. The molecule has 8 heteroatoms. The molecule has 1 aromatic rings. The van der Waals surface area contributed by atoms with Crippen LogP contribution in [0.15, 0.2) is 24.3 Å². The summed E-state index contributed by atoms with van der Waals surface area (Å²) in [7, 11) is 0. The molecule has 1 unspecified atom stereocenters. The Kier molecular flexibility index (Phi) is 5.10. The molecule has 5 nitrogen and oxygen atoms in total. The van der Waals surface area contributed by atoms with Gasteiger partial charge in [-0.15, -0.1) is 0 Å². The van der Waals surface area contributed by atoms with E-state index in [2.05, 4.69) is 0 Å². The lowest BCUT2D eigenvalue weighted by molar-refractivity contribution is -0.149. The monoisotopic (exact) mass is 385 g/mol. The average molecular weight is 385 g/mol. The summed E-state index contributed by atoms with van der Waals surface area (Å²) in [4.78, 5) is 25.9. The minimum Gasteiger partial charge on any atom is -0.490 e. The van der Waals surface area contributed by atoms with Crippen LogP contribution in [-0.2, 0) is 20.5 Å². The van der Waals surface area contributed by atoms with Gasteiger partial charge in [-0.2, -0.15) is 13.2 Å². The number of cyclic esters (lactones) is 1. The maximum atomic E-state index is 12.7. The SMILES string of the molecule is CC1(C)OC(=O)CC1C(=O)N1CCC(Oc2ccc(C(F)(F)F)cc2)CC1. The van der Waals surface area contributed by atoms with E-state index in [0.717, 1.165) is 12.1 Å². The Morgan fingerprint density at radius 1 is 1.19 bits per heavy atom. The van der Waals surface area contributed by atoms with Gasteiger partial charge in [-0.25, -0.2) is 0 Å². The third-order valence-electron chi connectivity index (χ3n) is 5.12. The van der Waals surface area contributed by atoms with Gasteiger partial charge in [-0.1, -0.05) is 0 Å². The molecule has 2 aliphatic heterocycles. The van der Waals surface area contributed by atoms with Crippen molar-refractivity contribution in [1.82, 2.24) is 4.90 Å². The standard InChI is InChI=1S/C19H22F3NO4/c1-18(2)15(11-16(24)27-18)17(25)23-9-7-14(8-10-23)26-13-5-3-12(4-6-13)19(20,21)22/h3-6,14-15H,7-11H2,1-2H3. The Bertz CT molecular complexity index is 707. The Labute approximate surface area is 155 Å². The van der Waals surface area contributed by atoms with Crippen molar-refractivity contribution in [3.05, 3.63) is 29.8 Å². The van der Waals surface area contributed by atoms with E-state index in [1.54, 1.807) is 18.7 Å². The van der Waals surface area contributed by atoms with Gasteiger partial charge in [0.2, 0.25) is 5.91 Å². The summed E-state index contributed by atoms with van der Waals surface area (Å²) in [6.45, 7) is 4.43. The van der Waals surface area contributed by atoms with Crippen LogP contribution in [-0.4, -0.2) is 41.6 Å². The van der Waals surface area contributed by atoms with Crippen molar-refractivity contribution in [2.75, 3.05) is 13.1 Å². The van der Waals surface area contributed by atoms with Gasteiger partial charge in [0.05, 0.1) is 17.9 Å². The zero-order chi connectivity index (χ0) is 19.8. The number of nitrogens with zero attached hydrogens (tertiary/aromatic N) is 1. The molecule has 1 amide bonds. The Hall–Kier alpha value is -2.25. The highest BCUT2D eigenvalue weighted by Gasteiger charge is 2.47. The molecule has 0 aromatic heterocycles. The number of rotatable bonds is 3. The number of carbonyl (C=O) groups is 2. The van der Waals surface area contributed by atoms with Gasteiger partial charge in [0, 0.05) is 25.9 Å². The molecule has 0 saturated carbocycles. The molecule has 1 aromatic carbocycles. The maximum absolute atomic E-state index is 12.7. The predicted molar refractivity (Wildman–Crippen MR) is 90.0 cm³/mol. The van der Waals surface area contributed by atoms with Crippen LogP contribution in [0.5, 0.6) is 5.75 Å². The number of hydrogen-bond acceptors (Lipinski definition) is 4. The first-order chi connectivity index (χ1) is 12.6. The molecule has 27 heavy (non-hydrogen) atoms. The summed E-state index contributed by atoms with van der Waals surface area (Å²) in [6.07, 6.45) is -3.29. The number of carbonyl (C=O) groups excluding carboxylic acids is 2. The van der Waals surface area contributed by atoms with E-state index in [-0.39, 0.29) is 24.4 Å². The van der Waals surface area contributed by atoms with Crippen LogP contribution in [0.1, 0.15) is 38.7 Å². The number of esters is 1. The average Bonchev–Trinajstić information content (AvgIpc) is 2.87. The van der Waals surface area contributed by atoms with Gasteiger partial charge in [0.25, 0.3) is 0 Å². The highest BCUT2D eigenvalue weighted by atomic mass is 19.4. The van der Waals surface area contributed by atoms with E-state index in [1.807, 2.05) is 0 Å². The molecule has 148 valence electrons. The molecule has 0 radical (unpaired) electrons. The number of alkyl halides is 3. The van der Waals surface area contributed by atoms with Crippen molar-refractivity contribution in [3.8, 4) is 5.75 Å². The topological polar surface area (TPSA) is 55.8 Å². The van der Waals surface area contributed by atoms with Crippen molar-refractivity contribution < 1.29 is 32.2 Å². The molecular formula is C19H22F3NO4. The van der Waals surface area contributed by atoms with Crippen molar-refractivity contribution in [3.63, 3.8) is 0 Å². The van der Waals surface area contributed by atoms with Crippen LogP contribution in [0.4, 0.5) is 13.2 Å². The van der Waals surface area contributed by atoms with E-state index in [1.165, 1.54) is 12.1 Å². The molecule has 2 heterocycles. The Balaban J connectivity index is 1.53. The van der Waals surface area contributed by atoms with Crippen molar-refractivity contribution in [2.24, 2.45) is 5.92 Å². The van der Waals surface area contributed by atoms with E-state index < -0.39 is 23.3 Å². The molecule has 0 bridgehead atoms. The zero-order valence-corrected chi connectivity index (χ0v) is 15.2. The highest BCUT2D eigenvalue weighted by molar-refractivity contribution is 5.87. The van der Waals surface area contributed by atoms with Gasteiger partial charge in [-0.05, 0) is 38.1 Å². The van der Waals surface area contributed by atoms with E-state index in [0.29, 0.717) is 31.7 Å². The highest BCUT2D eigenvalue weighted by Crippen LogP contribution is 2.35. The molecule has 2 fully saturated rings. The largest absolute Gasteiger partial charge is 0.490 e. The Morgan fingerprint density at radius 3 is 2.26 bits per heavy atom. The van der Waals surface area contributed by atoms with Crippen LogP contribution < -0.4 is 4.74 Å². The molecule has 0 aliphatic carbocycles. The molecule has 2 saturated heterocycles. The van der Waals surface area contributed by atoms with Crippen molar-refractivity contribution in [2.45, 2.75) is 51.0 Å². The van der Waals surface area contributed by atoms with Crippen LogP contribution in [0.3, 0.4) is 0 Å². The zero-order valence-electron chi connectivity index (χ0n) is 15.2. The fourth-order valence-electron chi connectivity index (χ4n) is 3.53. The lowest BCUT2D eigenvalue weighted by Gasteiger charge is -2.35. The Morgan fingerprint density at radius 2 is 1.78 bits per heavy atom. The summed E-state index contributed by atoms with van der Waals surface area (Å²) in [5, 5.41) is 0. The molecule has 0 spiro atoms. The summed E-state index contributed by atoms with van der Waals surface area (Å²) in [5.41, 5.74) is -1.52. The van der Waals surface area contributed by atoms with Gasteiger partial charge in [0.15, 0.2) is 0 Å². The van der Waals surface area contributed by atoms with Crippen molar-refractivity contribution in [1.29, 1.82) is 0 Å². The van der Waals surface area contributed by atoms with Crippen LogP contribution in [0.2, 0.25) is 0 Å². The number of benzene rings is 1. The van der Waals surface area contributed by atoms with E-state index >= 15 is 0 Å². The number of halogens is 3. The minimum absolute atomic E-state index is 0.0911. The van der Waals surface area contributed by atoms with Gasteiger partial charge in [0.1, 0.15) is 17.5 Å². The number of hydrogen-bond donors (Lipinski definition) is 0. The summed E-state index contributed by atoms with van der Waals surface area (Å²) >= 11 is 0. The summed E-state index contributed by atoms with van der Waals surface area (Å²) in [6, 6.07) is 4.61. The summed E-state index contributed by atoms with van der Waals surface area (Å²) < 4.78 is 48.8. The normalized spacial score (nSPS) is 23.2. The number of amides is 1. The number of ether oxygens (including phenoxy) is 2. The first-order valence-electron chi connectivity index (χ1n) is 8.91. The van der Waals surface area contributed by atoms with E-state index in [4.69, 9.17) is 9.47 Å². The van der Waals surface area contributed by atoms with Crippen LogP contribution in [0.25, 0.3) is 0 Å². The molecule has 0 N–H and O–H groups in total.